The standard InChI is InChI=1S/C9H7BrN4S/c1-5-11-3-2-7(13-5)8-12-4-6(10)9(15)14-8/h2-4H,1H3,(H,12,14,15). The summed E-state index contributed by atoms with van der Waals surface area (Å²) in [6.07, 6.45) is 3.35. The van der Waals surface area contributed by atoms with Crippen molar-refractivity contribution in [1.82, 2.24) is 19.9 Å². The third-order valence-corrected chi connectivity index (χ3v) is 2.96. The Labute approximate surface area is 100.0 Å². The zero-order valence-electron chi connectivity index (χ0n) is 7.86. The van der Waals surface area contributed by atoms with Crippen LogP contribution in [0.2, 0.25) is 0 Å². The second-order valence-corrected chi connectivity index (χ2v) is 4.16. The molecule has 76 valence electrons. The Morgan fingerprint density at radius 3 is 2.87 bits per heavy atom. The molecule has 2 rings (SSSR count). The van der Waals surface area contributed by atoms with Crippen LogP contribution >= 0.6 is 28.1 Å². The maximum absolute atomic E-state index is 5.09. The minimum atomic E-state index is 0.608. The largest absolute Gasteiger partial charge is 0.329 e. The highest BCUT2D eigenvalue weighted by Crippen LogP contribution is 2.14. The van der Waals surface area contributed by atoms with E-state index in [9.17, 15) is 0 Å². The van der Waals surface area contributed by atoms with Crippen LogP contribution in [0.3, 0.4) is 0 Å². The van der Waals surface area contributed by atoms with E-state index in [4.69, 9.17) is 12.2 Å². The summed E-state index contributed by atoms with van der Waals surface area (Å²) >= 11 is 8.37. The maximum atomic E-state index is 5.09. The van der Waals surface area contributed by atoms with Crippen LogP contribution in [0, 0.1) is 11.6 Å². The lowest BCUT2D eigenvalue weighted by molar-refractivity contribution is 1.03. The predicted octanol–water partition coefficient (Wildman–Crippen LogP) is 2.67. The number of halogens is 1. The fraction of sp³-hybridized carbons (Fsp3) is 0.111. The van der Waals surface area contributed by atoms with Gasteiger partial charge in [0.05, 0.1) is 4.47 Å². The smallest absolute Gasteiger partial charge is 0.157 e. The SMILES string of the molecule is Cc1nccc(-c2ncc(Br)c(=S)[nH]2)n1. The van der Waals surface area contributed by atoms with Gasteiger partial charge in [0.25, 0.3) is 0 Å². The fourth-order valence-corrected chi connectivity index (χ4v) is 1.45. The molecule has 0 spiro atoms. The van der Waals surface area contributed by atoms with Crippen molar-refractivity contribution in [3.05, 3.63) is 33.4 Å². The molecule has 2 aromatic heterocycles. The molecule has 4 nitrogen and oxygen atoms in total. The van der Waals surface area contributed by atoms with E-state index in [0.717, 1.165) is 10.2 Å². The first-order valence-corrected chi connectivity index (χ1v) is 5.42. The Kier molecular flexibility index (Phi) is 2.88. The topological polar surface area (TPSA) is 54.5 Å². The van der Waals surface area contributed by atoms with Crippen molar-refractivity contribution in [1.29, 1.82) is 0 Å². The Balaban J connectivity index is 2.55. The highest BCUT2D eigenvalue weighted by atomic mass is 79.9. The summed E-state index contributed by atoms with van der Waals surface area (Å²) in [5.41, 5.74) is 0.737. The van der Waals surface area contributed by atoms with E-state index in [0.29, 0.717) is 16.3 Å². The van der Waals surface area contributed by atoms with Gasteiger partial charge in [-0.1, -0.05) is 12.2 Å². The van der Waals surface area contributed by atoms with E-state index >= 15 is 0 Å². The van der Waals surface area contributed by atoms with Gasteiger partial charge in [-0.25, -0.2) is 15.0 Å². The van der Waals surface area contributed by atoms with Gasteiger partial charge in [0.1, 0.15) is 16.2 Å². The molecule has 2 heterocycles. The fourth-order valence-electron chi connectivity index (χ4n) is 1.10. The zero-order valence-corrected chi connectivity index (χ0v) is 10.3. The number of H-pyrrole nitrogens is 1. The number of aromatic nitrogens is 4. The van der Waals surface area contributed by atoms with Gasteiger partial charge in [-0.05, 0) is 28.9 Å². The molecule has 0 bridgehead atoms. The van der Waals surface area contributed by atoms with E-state index in [2.05, 4.69) is 35.9 Å². The molecule has 0 atom stereocenters. The van der Waals surface area contributed by atoms with E-state index in [1.807, 2.05) is 6.92 Å². The summed E-state index contributed by atoms with van der Waals surface area (Å²) in [7, 11) is 0. The lowest BCUT2D eigenvalue weighted by Crippen LogP contribution is -1.95. The first-order chi connectivity index (χ1) is 7.16. The van der Waals surface area contributed by atoms with Crippen LogP contribution in [0.4, 0.5) is 0 Å². The van der Waals surface area contributed by atoms with Crippen LogP contribution in [0.1, 0.15) is 5.82 Å². The molecule has 2 aromatic rings. The third kappa shape index (κ3) is 2.27. The lowest BCUT2D eigenvalue weighted by atomic mass is 10.4. The number of aryl methyl sites for hydroxylation is 1. The van der Waals surface area contributed by atoms with Crippen LogP contribution in [-0.2, 0) is 0 Å². The molecule has 0 aromatic carbocycles. The minimum Gasteiger partial charge on any atom is -0.329 e. The average Bonchev–Trinajstić information content (AvgIpc) is 2.22. The Morgan fingerprint density at radius 1 is 1.40 bits per heavy atom. The Bertz CT molecular complexity index is 552. The van der Waals surface area contributed by atoms with Crippen LogP contribution in [0.25, 0.3) is 11.5 Å². The van der Waals surface area contributed by atoms with Crippen LogP contribution in [-0.4, -0.2) is 19.9 Å². The average molecular weight is 283 g/mol. The van der Waals surface area contributed by atoms with Crippen molar-refractivity contribution in [3.63, 3.8) is 0 Å². The van der Waals surface area contributed by atoms with Crippen molar-refractivity contribution in [2.24, 2.45) is 0 Å². The van der Waals surface area contributed by atoms with Crippen LogP contribution in [0.15, 0.2) is 22.9 Å². The number of hydrogen-bond donors (Lipinski definition) is 1. The normalized spacial score (nSPS) is 10.3. The summed E-state index contributed by atoms with van der Waals surface area (Å²) in [5, 5.41) is 0. The number of nitrogens with zero attached hydrogens (tertiary/aromatic N) is 3. The third-order valence-electron chi connectivity index (χ3n) is 1.77. The zero-order chi connectivity index (χ0) is 10.8. The van der Waals surface area contributed by atoms with Crippen molar-refractivity contribution in [2.45, 2.75) is 6.92 Å². The minimum absolute atomic E-state index is 0.608. The van der Waals surface area contributed by atoms with Crippen molar-refractivity contribution in [3.8, 4) is 11.5 Å². The first kappa shape index (κ1) is 10.4. The van der Waals surface area contributed by atoms with Gasteiger partial charge < -0.3 is 4.98 Å². The van der Waals surface area contributed by atoms with Gasteiger partial charge in [0, 0.05) is 12.4 Å². The van der Waals surface area contributed by atoms with Gasteiger partial charge in [-0.15, -0.1) is 0 Å². The highest BCUT2D eigenvalue weighted by Gasteiger charge is 2.02. The second kappa shape index (κ2) is 4.16. The molecule has 1 N–H and O–H groups in total. The number of hydrogen-bond acceptors (Lipinski definition) is 4. The molecule has 0 radical (unpaired) electrons. The van der Waals surface area contributed by atoms with E-state index < -0.39 is 0 Å². The van der Waals surface area contributed by atoms with Crippen molar-refractivity contribution < 1.29 is 0 Å². The van der Waals surface area contributed by atoms with Crippen molar-refractivity contribution in [2.75, 3.05) is 0 Å². The summed E-state index contributed by atoms with van der Waals surface area (Å²) < 4.78 is 1.38. The molecule has 0 aliphatic carbocycles. The first-order valence-electron chi connectivity index (χ1n) is 4.21. The van der Waals surface area contributed by atoms with E-state index in [1.165, 1.54) is 0 Å². The molecule has 6 heteroatoms. The predicted molar refractivity (Wildman–Crippen MR) is 62.9 cm³/mol. The number of aromatic amines is 1. The quantitative estimate of drug-likeness (QED) is 0.817. The molecule has 0 saturated carbocycles. The summed E-state index contributed by atoms with van der Waals surface area (Å²) in [6.45, 7) is 1.83. The number of rotatable bonds is 1. The summed E-state index contributed by atoms with van der Waals surface area (Å²) in [4.78, 5) is 15.4. The molecular formula is C9H7BrN4S. The molecule has 0 aliphatic heterocycles. The Morgan fingerprint density at radius 2 is 2.20 bits per heavy atom. The highest BCUT2D eigenvalue weighted by molar-refractivity contribution is 9.10. The summed E-state index contributed by atoms with van der Waals surface area (Å²) in [6, 6.07) is 1.79. The lowest BCUT2D eigenvalue weighted by Gasteiger charge is -2.00. The molecule has 0 unspecified atom stereocenters. The van der Waals surface area contributed by atoms with Gasteiger partial charge in [0.15, 0.2) is 5.82 Å². The molecular weight excluding hydrogens is 276 g/mol. The number of nitrogens with one attached hydrogen (secondary N) is 1. The molecule has 0 aliphatic rings. The monoisotopic (exact) mass is 282 g/mol. The van der Waals surface area contributed by atoms with Crippen LogP contribution < -0.4 is 0 Å². The van der Waals surface area contributed by atoms with Gasteiger partial charge in [-0.2, -0.15) is 0 Å². The maximum Gasteiger partial charge on any atom is 0.157 e. The summed E-state index contributed by atoms with van der Waals surface area (Å²) in [5.74, 6) is 1.35. The van der Waals surface area contributed by atoms with Crippen molar-refractivity contribution >= 4 is 28.1 Å². The Hall–Kier alpha value is -1.14. The molecule has 15 heavy (non-hydrogen) atoms. The second-order valence-electron chi connectivity index (χ2n) is 2.90. The molecule has 0 amide bonds. The van der Waals surface area contributed by atoms with Gasteiger partial charge in [-0.3, -0.25) is 0 Å². The van der Waals surface area contributed by atoms with Crippen LogP contribution in [0.5, 0.6) is 0 Å². The molecule has 0 saturated heterocycles. The molecule has 0 fully saturated rings. The van der Waals surface area contributed by atoms with E-state index in [-0.39, 0.29) is 0 Å². The van der Waals surface area contributed by atoms with Gasteiger partial charge in [0.2, 0.25) is 0 Å². The van der Waals surface area contributed by atoms with E-state index in [1.54, 1.807) is 18.5 Å². The van der Waals surface area contributed by atoms with Gasteiger partial charge >= 0.3 is 0 Å².